The first-order chi connectivity index (χ1) is 13.1. The van der Waals surface area contributed by atoms with Crippen molar-refractivity contribution in [1.29, 1.82) is 0 Å². The molecule has 0 spiro atoms. The van der Waals surface area contributed by atoms with Gasteiger partial charge < -0.3 is 15.5 Å². The van der Waals surface area contributed by atoms with Gasteiger partial charge in [-0.15, -0.1) is 0 Å². The molecule has 0 radical (unpaired) electrons. The standard InChI is InChI=1S/C21H29N5O/c1-26(2)14-8-13-22-21(27)18-15-19(23-17-11-6-7-12-17)25-20(24-18)16-9-4-3-5-10-16/h3-5,9-10,15,17H,6-8,11-14H2,1-2H3,(H,22,27)(H,23,24,25). The maximum Gasteiger partial charge on any atom is 0.270 e. The van der Waals surface area contributed by atoms with Crippen molar-refractivity contribution in [1.82, 2.24) is 20.2 Å². The van der Waals surface area contributed by atoms with Crippen LogP contribution < -0.4 is 10.6 Å². The molecule has 3 rings (SSSR count). The van der Waals surface area contributed by atoms with E-state index in [-0.39, 0.29) is 5.91 Å². The van der Waals surface area contributed by atoms with Gasteiger partial charge in [0.15, 0.2) is 5.82 Å². The van der Waals surface area contributed by atoms with Crippen molar-refractivity contribution in [2.75, 3.05) is 32.5 Å². The van der Waals surface area contributed by atoms with E-state index < -0.39 is 0 Å². The molecular formula is C21H29N5O. The average molecular weight is 367 g/mol. The summed E-state index contributed by atoms with van der Waals surface area (Å²) in [6, 6.07) is 12.0. The van der Waals surface area contributed by atoms with Crippen LogP contribution in [0.25, 0.3) is 11.4 Å². The Labute approximate surface area is 161 Å². The number of hydrogen-bond donors (Lipinski definition) is 2. The smallest absolute Gasteiger partial charge is 0.270 e. The number of nitrogens with zero attached hydrogens (tertiary/aromatic N) is 3. The molecule has 144 valence electrons. The molecule has 0 saturated heterocycles. The van der Waals surface area contributed by atoms with E-state index in [9.17, 15) is 4.79 Å². The predicted molar refractivity (Wildman–Crippen MR) is 109 cm³/mol. The molecule has 27 heavy (non-hydrogen) atoms. The van der Waals surface area contributed by atoms with E-state index >= 15 is 0 Å². The van der Waals surface area contributed by atoms with Crippen molar-refractivity contribution in [2.45, 2.75) is 38.1 Å². The molecule has 6 nitrogen and oxygen atoms in total. The van der Waals surface area contributed by atoms with Gasteiger partial charge in [0.2, 0.25) is 0 Å². The lowest BCUT2D eigenvalue weighted by molar-refractivity contribution is 0.0947. The zero-order valence-electron chi connectivity index (χ0n) is 16.2. The molecule has 0 atom stereocenters. The molecule has 0 aliphatic heterocycles. The maximum absolute atomic E-state index is 12.6. The SMILES string of the molecule is CN(C)CCCNC(=O)c1cc(NC2CCCC2)nc(-c2ccccc2)n1. The Morgan fingerprint density at radius 3 is 2.59 bits per heavy atom. The summed E-state index contributed by atoms with van der Waals surface area (Å²) in [5, 5.41) is 6.46. The Hall–Kier alpha value is -2.47. The van der Waals surface area contributed by atoms with Gasteiger partial charge in [-0.3, -0.25) is 4.79 Å². The van der Waals surface area contributed by atoms with Crippen LogP contribution in [-0.2, 0) is 0 Å². The highest BCUT2D eigenvalue weighted by molar-refractivity contribution is 5.93. The minimum Gasteiger partial charge on any atom is -0.367 e. The molecule has 1 aromatic heterocycles. The van der Waals surface area contributed by atoms with Crippen LogP contribution in [0.1, 0.15) is 42.6 Å². The van der Waals surface area contributed by atoms with Crippen LogP contribution in [0.15, 0.2) is 36.4 Å². The Bertz CT molecular complexity index is 741. The molecule has 0 bridgehead atoms. The minimum atomic E-state index is -0.150. The number of benzene rings is 1. The van der Waals surface area contributed by atoms with E-state index in [0.29, 0.717) is 24.1 Å². The second-order valence-corrected chi connectivity index (χ2v) is 7.37. The van der Waals surface area contributed by atoms with Crippen LogP contribution in [0.2, 0.25) is 0 Å². The number of rotatable bonds is 8. The molecule has 0 unspecified atom stereocenters. The first-order valence-corrected chi connectivity index (χ1v) is 9.76. The molecular weight excluding hydrogens is 338 g/mol. The zero-order chi connectivity index (χ0) is 19.1. The molecule has 1 aromatic carbocycles. The summed E-state index contributed by atoms with van der Waals surface area (Å²) in [6.07, 6.45) is 5.69. The fraction of sp³-hybridized carbons (Fsp3) is 0.476. The number of carbonyl (C=O) groups excluding carboxylic acids is 1. The van der Waals surface area contributed by atoms with Crippen LogP contribution in [0.5, 0.6) is 0 Å². The highest BCUT2D eigenvalue weighted by Gasteiger charge is 2.18. The summed E-state index contributed by atoms with van der Waals surface area (Å²) in [5.41, 5.74) is 1.32. The van der Waals surface area contributed by atoms with Crippen molar-refractivity contribution < 1.29 is 4.79 Å². The molecule has 1 fully saturated rings. The van der Waals surface area contributed by atoms with Gasteiger partial charge in [0.05, 0.1) is 0 Å². The summed E-state index contributed by atoms with van der Waals surface area (Å²) in [4.78, 5) is 23.9. The fourth-order valence-corrected chi connectivity index (χ4v) is 3.32. The Morgan fingerprint density at radius 2 is 1.89 bits per heavy atom. The second kappa shape index (κ2) is 9.46. The van der Waals surface area contributed by atoms with E-state index in [1.54, 1.807) is 6.07 Å². The molecule has 1 aliphatic carbocycles. The van der Waals surface area contributed by atoms with Crippen LogP contribution >= 0.6 is 0 Å². The summed E-state index contributed by atoms with van der Waals surface area (Å²) < 4.78 is 0. The predicted octanol–water partition coefficient (Wildman–Crippen LogP) is 3.18. The summed E-state index contributed by atoms with van der Waals surface area (Å²) in [7, 11) is 4.05. The van der Waals surface area contributed by atoms with Crippen LogP contribution in [-0.4, -0.2) is 54.0 Å². The number of amides is 1. The average Bonchev–Trinajstić information content (AvgIpc) is 3.18. The van der Waals surface area contributed by atoms with E-state index in [1.165, 1.54) is 12.8 Å². The third-order valence-corrected chi connectivity index (χ3v) is 4.77. The number of anilines is 1. The molecule has 6 heteroatoms. The number of nitrogens with one attached hydrogen (secondary N) is 2. The molecule has 2 aromatic rings. The van der Waals surface area contributed by atoms with Crippen LogP contribution in [0.4, 0.5) is 5.82 Å². The van der Waals surface area contributed by atoms with Gasteiger partial charge in [-0.2, -0.15) is 0 Å². The Morgan fingerprint density at radius 1 is 1.15 bits per heavy atom. The normalized spacial score (nSPS) is 14.5. The van der Waals surface area contributed by atoms with Gasteiger partial charge in [0.1, 0.15) is 11.5 Å². The summed E-state index contributed by atoms with van der Waals surface area (Å²) in [5.74, 6) is 1.16. The van der Waals surface area contributed by atoms with Crippen molar-refractivity contribution in [3.8, 4) is 11.4 Å². The molecule has 1 amide bonds. The van der Waals surface area contributed by atoms with Crippen LogP contribution in [0, 0.1) is 0 Å². The maximum atomic E-state index is 12.6. The number of carbonyl (C=O) groups is 1. The third-order valence-electron chi connectivity index (χ3n) is 4.77. The zero-order valence-corrected chi connectivity index (χ0v) is 16.2. The van der Waals surface area contributed by atoms with E-state index in [4.69, 9.17) is 0 Å². The summed E-state index contributed by atoms with van der Waals surface area (Å²) in [6.45, 7) is 1.57. The summed E-state index contributed by atoms with van der Waals surface area (Å²) >= 11 is 0. The highest BCUT2D eigenvalue weighted by Crippen LogP contribution is 2.23. The minimum absolute atomic E-state index is 0.150. The highest BCUT2D eigenvalue weighted by atomic mass is 16.1. The van der Waals surface area contributed by atoms with Crippen molar-refractivity contribution in [3.63, 3.8) is 0 Å². The number of aromatic nitrogens is 2. The van der Waals surface area contributed by atoms with Crippen molar-refractivity contribution in [3.05, 3.63) is 42.1 Å². The topological polar surface area (TPSA) is 70.2 Å². The van der Waals surface area contributed by atoms with Gasteiger partial charge in [-0.05, 0) is 39.9 Å². The van der Waals surface area contributed by atoms with Gasteiger partial charge >= 0.3 is 0 Å². The molecule has 2 N–H and O–H groups in total. The lowest BCUT2D eigenvalue weighted by Gasteiger charge is -2.15. The monoisotopic (exact) mass is 367 g/mol. The van der Waals surface area contributed by atoms with E-state index in [2.05, 4.69) is 25.5 Å². The first kappa shape index (κ1) is 19.3. The quantitative estimate of drug-likeness (QED) is 0.701. The van der Waals surface area contributed by atoms with Gasteiger partial charge in [0.25, 0.3) is 5.91 Å². The molecule has 1 heterocycles. The van der Waals surface area contributed by atoms with Gasteiger partial charge in [-0.1, -0.05) is 43.2 Å². The van der Waals surface area contributed by atoms with Crippen molar-refractivity contribution >= 4 is 11.7 Å². The molecule has 1 saturated carbocycles. The van der Waals surface area contributed by atoms with Gasteiger partial charge in [-0.25, -0.2) is 9.97 Å². The second-order valence-electron chi connectivity index (χ2n) is 7.37. The van der Waals surface area contributed by atoms with Gasteiger partial charge in [0, 0.05) is 24.2 Å². The number of hydrogen-bond acceptors (Lipinski definition) is 5. The molecule has 1 aliphatic rings. The lowest BCUT2D eigenvalue weighted by Crippen LogP contribution is -2.28. The Kier molecular flexibility index (Phi) is 6.76. The third kappa shape index (κ3) is 5.76. The Balaban J connectivity index is 1.77. The largest absolute Gasteiger partial charge is 0.367 e. The van der Waals surface area contributed by atoms with E-state index in [1.807, 2.05) is 44.4 Å². The fourth-order valence-electron chi connectivity index (χ4n) is 3.32. The van der Waals surface area contributed by atoms with Crippen LogP contribution in [0.3, 0.4) is 0 Å². The first-order valence-electron chi connectivity index (χ1n) is 9.76. The lowest BCUT2D eigenvalue weighted by atomic mass is 10.2. The van der Waals surface area contributed by atoms with Crippen molar-refractivity contribution in [2.24, 2.45) is 0 Å². The van der Waals surface area contributed by atoms with E-state index in [0.717, 1.165) is 37.2 Å².